The van der Waals surface area contributed by atoms with Gasteiger partial charge in [0.05, 0.1) is 11.9 Å². The van der Waals surface area contributed by atoms with Gasteiger partial charge in [0.2, 0.25) is 0 Å². The quantitative estimate of drug-likeness (QED) is 0.753. The molecule has 1 aromatic carbocycles. The van der Waals surface area contributed by atoms with Crippen molar-refractivity contribution in [3.8, 4) is 11.5 Å². The third-order valence-corrected chi connectivity index (χ3v) is 2.01. The first-order valence-electron chi connectivity index (χ1n) is 4.72. The molecule has 0 bridgehead atoms. The highest BCUT2D eigenvalue weighted by Crippen LogP contribution is 2.21. The van der Waals surface area contributed by atoms with Gasteiger partial charge in [-0.05, 0) is 24.3 Å². The first-order chi connectivity index (χ1) is 7.75. The molecule has 0 spiro atoms. The largest absolute Gasteiger partial charge is 0.508 e. The van der Waals surface area contributed by atoms with Gasteiger partial charge in [-0.1, -0.05) is 0 Å². The lowest BCUT2D eigenvalue weighted by atomic mass is 10.2. The fourth-order valence-electron chi connectivity index (χ4n) is 1.22. The highest BCUT2D eigenvalue weighted by Gasteiger charge is 1.98. The Hall–Kier alpha value is -2.36. The Morgan fingerprint density at radius 1 is 1.19 bits per heavy atom. The number of hydrogen-bond donors (Lipinski definition) is 2. The SMILES string of the molecule is Oc1ccc(/C=N/c2cccnc2)c(O)c1. The van der Waals surface area contributed by atoms with Gasteiger partial charge in [-0.15, -0.1) is 0 Å². The first kappa shape index (κ1) is 10.2. The topological polar surface area (TPSA) is 65.7 Å². The molecule has 0 aliphatic carbocycles. The molecule has 0 saturated carbocycles. The lowest BCUT2D eigenvalue weighted by molar-refractivity contribution is 0.450. The van der Waals surface area contributed by atoms with E-state index in [0.29, 0.717) is 11.3 Å². The molecule has 0 atom stereocenters. The molecular formula is C12H10N2O2. The van der Waals surface area contributed by atoms with Gasteiger partial charge in [0.25, 0.3) is 0 Å². The van der Waals surface area contributed by atoms with Gasteiger partial charge in [-0.3, -0.25) is 9.98 Å². The molecule has 16 heavy (non-hydrogen) atoms. The lowest BCUT2D eigenvalue weighted by Crippen LogP contribution is -1.81. The van der Waals surface area contributed by atoms with Crippen molar-refractivity contribution in [3.63, 3.8) is 0 Å². The number of hydrogen-bond acceptors (Lipinski definition) is 4. The fraction of sp³-hybridized carbons (Fsp3) is 0. The van der Waals surface area contributed by atoms with Crippen LogP contribution in [-0.4, -0.2) is 21.4 Å². The van der Waals surface area contributed by atoms with Crippen molar-refractivity contribution in [2.75, 3.05) is 0 Å². The van der Waals surface area contributed by atoms with E-state index in [2.05, 4.69) is 9.98 Å². The molecule has 0 unspecified atom stereocenters. The summed E-state index contributed by atoms with van der Waals surface area (Å²) < 4.78 is 0. The molecule has 4 heteroatoms. The maximum absolute atomic E-state index is 9.50. The molecule has 0 aliphatic heterocycles. The third kappa shape index (κ3) is 2.36. The van der Waals surface area contributed by atoms with Crippen LogP contribution in [0.25, 0.3) is 0 Å². The maximum atomic E-state index is 9.50. The Kier molecular flexibility index (Phi) is 2.82. The number of phenolic OH excluding ortho intramolecular Hbond substituents is 2. The molecule has 0 radical (unpaired) electrons. The third-order valence-electron chi connectivity index (χ3n) is 2.01. The van der Waals surface area contributed by atoms with Crippen molar-refractivity contribution < 1.29 is 10.2 Å². The second kappa shape index (κ2) is 4.44. The zero-order chi connectivity index (χ0) is 11.4. The van der Waals surface area contributed by atoms with Crippen LogP contribution in [0, 0.1) is 0 Å². The summed E-state index contributed by atoms with van der Waals surface area (Å²) in [6.07, 6.45) is 4.80. The number of nitrogens with zero attached hydrogens (tertiary/aromatic N) is 2. The lowest BCUT2D eigenvalue weighted by Gasteiger charge is -1.98. The summed E-state index contributed by atoms with van der Waals surface area (Å²) >= 11 is 0. The Morgan fingerprint density at radius 3 is 2.75 bits per heavy atom. The number of benzene rings is 1. The Labute approximate surface area is 92.6 Å². The zero-order valence-corrected chi connectivity index (χ0v) is 8.41. The van der Waals surface area contributed by atoms with E-state index in [9.17, 15) is 5.11 Å². The number of aromatic hydroxyl groups is 2. The maximum Gasteiger partial charge on any atom is 0.128 e. The molecule has 0 amide bonds. The number of aliphatic imine (C=N–C) groups is 1. The number of phenols is 2. The van der Waals surface area contributed by atoms with E-state index in [1.165, 1.54) is 18.3 Å². The second-order valence-electron chi connectivity index (χ2n) is 3.21. The summed E-state index contributed by atoms with van der Waals surface area (Å²) in [4.78, 5) is 8.06. The summed E-state index contributed by atoms with van der Waals surface area (Å²) in [6.45, 7) is 0. The van der Waals surface area contributed by atoms with Crippen molar-refractivity contribution in [3.05, 3.63) is 48.3 Å². The standard InChI is InChI=1S/C12H10N2O2/c15-11-4-3-9(12(16)6-11)7-14-10-2-1-5-13-8-10/h1-8,15-16H/b14-7+. The summed E-state index contributed by atoms with van der Waals surface area (Å²) in [5.41, 5.74) is 1.25. The molecule has 0 saturated heterocycles. The molecule has 2 N–H and O–H groups in total. The highest BCUT2D eigenvalue weighted by atomic mass is 16.3. The Balaban J connectivity index is 2.24. The average Bonchev–Trinajstić information content (AvgIpc) is 2.29. The van der Waals surface area contributed by atoms with Crippen LogP contribution >= 0.6 is 0 Å². The van der Waals surface area contributed by atoms with Crippen molar-refractivity contribution in [2.45, 2.75) is 0 Å². The van der Waals surface area contributed by atoms with Crippen LogP contribution in [0.5, 0.6) is 11.5 Å². The van der Waals surface area contributed by atoms with Crippen LogP contribution in [0.3, 0.4) is 0 Å². The van der Waals surface area contributed by atoms with Crippen molar-refractivity contribution in [1.29, 1.82) is 0 Å². The minimum atomic E-state index is -0.00681. The van der Waals surface area contributed by atoms with Crippen molar-refractivity contribution in [2.24, 2.45) is 4.99 Å². The molecular weight excluding hydrogens is 204 g/mol. The molecule has 0 aliphatic rings. The minimum Gasteiger partial charge on any atom is -0.508 e. The number of pyridine rings is 1. The van der Waals surface area contributed by atoms with Gasteiger partial charge >= 0.3 is 0 Å². The number of aromatic nitrogens is 1. The average molecular weight is 214 g/mol. The van der Waals surface area contributed by atoms with E-state index < -0.39 is 0 Å². The molecule has 1 heterocycles. The van der Waals surface area contributed by atoms with Crippen LogP contribution in [-0.2, 0) is 0 Å². The second-order valence-corrected chi connectivity index (χ2v) is 3.21. The minimum absolute atomic E-state index is 0.00681. The smallest absolute Gasteiger partial charge is 0.128 e. The van der Waals surface area contributed by atoms with Crippen molar-refractivity contribution >= 4 is 11.9 Å². The van der Waals surface area contributed by atoms with Crippen LogP contribution in [0.15, 0.2) is 47.7 Å². The van der Waals surface area contributed by atoms with Gasteiger partial charge in [0.15, 0.2) is 0 Å². The Morgan fingerprint density at radius 2 is 2.06 bits per heavy atom. The van der Waals surface area contributed by atoms with Crippen LogP contribution in [0.1, 0.15) is 5.56 Å². The summed E-state index contributed by atoms with van der Waals surface area (Å²) in [6, 6.07) is 7.93. The predicted molar refractivity (Wildman–Crippen MR) is 61.3 cm³/mol. The van der Waals surface area contributed by atoms with Crippen molar-refractivity contribution in [1.82, 2.24) is 4.98 Å². The zero-order valence-electron chi connectivity index (χ0n) is 8.41. The fourth-order valence-corrected chi connectivity index (χ4v) is 1.22. The van der Waals surface area contributed by atoms with E-state index in [1.54, 1.807) is 30.6 Å². The first-order valence-corrected chi connectivity index (χ1v) is 4.72. The van der Waals surface area contributed by atoms with E-state index in [4.69, 9.17) is 5.11 Å². The Bertz CT molecular complexity index is 510. The molecule has 4 nitrogen and oxygen atoms in total. The van der Waals surface area contributed by atoms with E-state index in [1.807, 2.05) is 0 Å². The van der Waals surface area contributed by atoms with Gasteiger partial charge in [-0.2, -0.15) is 0 Å². The summed E-state index contributed by atoms with van der Waals surface area (Å²) in [5.74, 6) is 0.0173. The van der Waals surface area contributed by atoms with Crippen LogP contribution < -0.4 is 0 Å². The molecule has 1 aromatic heterocycles. The highest BCUT2D eigenvalue weighted by molar-refractivity contribution is 5.85. The van der Waals surface area contributed by atoms with Crippen LogP contribution in [0.4, 0.5) is 5.69 Å². The van der Waals surface area contributed by atoms with Gasteiger partial charge < -0.3 is 10.2 Å². The molecule has 80 valence electrons. The normalized spacial score (nSPS) is 10.8. The van der Waals surface area contributed by atoms with E-state index in [0.717, 1.165) is 0 Å². The van der Waals surface area contributed by atoms with Crippen LogP contribution in [0.2, 0.25) is 0 Å². The predicted octanol–water partition coefficient (Wildman–Crippen LogP) is 2.24. The molecule has 2 rings (SSSR count). The van der Waals surface area contributed by atoms with Gasteiger partial charge in [-0.25, -0.2) is 0 Å². The van der Waals surface area contributed by atoms with E-state index >= 15 is 0 Å². The summed E-state index contributed by atoms with van der Waals surface area (Å²) in [5, 5.41) is 18.6. The van der Waals surface area contributed by atoms with Gasteiger partial charge in [0.1, 0.15) is 11.5 Å². The number of rotatable bonds is 2. The monoisotopic (exact) mass is 214 g/mol. The molecule has 0 fully saturated rings. The van der Waals surface area contributed by atoms with Gasteiger partial charge in [0, 0.05) is 24.0 Å². The molecule has 2 aromatic rings. The van der Waals surface area contributed by atoms with E-state index in [-0.39, 0.29) is 11.5 Å². The summed E-state index contributed by atoms with van der Waals surface area (Å²) in [7, 11) is 0.